The molecule has 0 bridgehead atoms. The summed E-state index contributed by atoms with van der Waals surface area (Å²) in [6.45, 7) is -0.262. The van der Waals surface area contributed by atoms with Crippen molar-refractivity contribution < 1.29 is 0 Å². The monoisotopic (exact) mass is 1180 g/mol. The molecule has 0 N–H and O–H groups in total. The minimum absolute atomic E-state index is 0.262. The van der Waals surface area contributed by atoms with Crippen LogP contribution in [0, 0.1) is 0 Å². The summed E-state index contributed by atoms with van der Waals surface area (Å²) in [7, 11) is 0. The molecule has 0 atom stereocenters. The van der Waals surface area contributed by atoms with Gasteiger partial charge in [-0.1, -0.05) is 309 Å². The highest BCUT2D eigenvalue weighted by molar-refractivity contribution is 7.00. The number of hydrogen-bond donors (Lipinski definition) is 0. The van der Waals surface area contributed by atoms with Crippen LogP contribution in [0.3, 0.4) is 0 Å². The van der Waals surface area contributed by atoms with Crippen molar-refractivity contribution in [2.45, 2.75) is 0 Å². The minimum atomic E-state index is -0.262. The maximum Gasteiger partial charge on any atom is 0.252 e. The molecule has 0 amide bonds. The van der Waals surface area contributed by atoms with Gasteiger partial charge in [-0.05, 0) is 177 Å². The summed E-state index contributed by atoms with van der Waals surface area (Å²) < 4.78 is 0. The number of fused-ring (bicyclic) bond motifs is 4. The molecule has 2 heterocycles. The van der Waals surface area contributed by atoms with Gasteiger partial charge in [0.05, 0.1) is 0 Å². The molecular formula is C90H61BN2. The van der Waals surface area contributed by atoms with Crippen LogP contribution < -0.4 is 26.2 Å². The number of nitrogens with zero attached hydrogens (tertiary/aromatic N) is 2. The lowest BCUT2D eigenvalue weighted by atomic mass is 9.33. The van der Waals surface area contributed by atoms with Gasteiger partial charge >= 0.3 is 0 Å². The predicted molar refractivity (Wildman–Crippen MR) is 395 cm³/mol. The second-order valence-electron chi connectivity index (χ2n) is 24.3. The van der Waals surface area contributed by atoms with E-state index < -0.39 is 0 Å². The third-order valence-corrected chi connectivity index (χ3v) is 18.8. The normalized spacial score (nSPS) is 12.0. The molecule has 0 unspecified atom stereocenters. The number of hydrogen-bond acceptors (Lipinski definition) is 2. The van der Waals surface area contributed by atoms with Crippen LogP contribution in [0.1, 0.15) is 0 Å². The number of benzene rings is 15. The molecule has 0 spiro atoms. The third kappa shape index (κ3) is 10.0. The van der Waals surface area contributed by atoms with Crippen molar-refractivity contribution in [3.63, 3.8) is 0 Å². The average Bonchev–Trinajstić information content (AvgIpc) is 0.689. The highest BCUT2D eigenvalue weighted by Gasteiger charge is 2.46. The summed E-state index contributed by atoms with van der Waals surface area (Å²) in [4.78, 5) is 5.22. The Morgan fingerprint density at radius 3 is 0.774 bits per heavy atom. The van der Waals surface area contributed by atoms with Gasteiger partial charge < -0.3 is 9.80 Å². The van der Waals surface area contributed by atoms with E-state index in [0.29, 0.717) is 0 Å². The second-order valence-corrected chi connectivity index (χ2v) is 24.3. The van der Waals surface area contributed by atoms with Crippen LogP contribution in [0.15, 0.2) is 370 Å². The van der Waals surface area contributed by atoms with Crippen LogP contribution in [-0.2, 0) is 0 Å². The molecule has 15 aromatic carbocycles. The van der Waals surface area contributed by atoms with E-state index in [4.69, 9.17) is 0 Å². The lowest BCUT2D eigenvalue weighted by molar-refractivity contribution is 1.25. The van der Waals surface area contributed by atoms with Crippen molar-refractivity contribution in [2.75, 3.05) is 9.80 Å². The van der Waals surface area contributed by atoms with Gasteiger partial charge in [0, 0.05) is 45.3 Å². The second kappa shape index (κ2) is 23.7. The van der Waals surface area contributed by atoms with Crippen LogP contribution in [-0.4, -0.2) is 6.71 Å². The topological polar surface area (TPSA) is 6.48 Å². The molecule has 0 radical (unpaired) electrons. The first-order valence-electron chi connectivity index (χ1n) is 32.2. The molecule has 3 heteroatoms. The lowest BCUT2D eigenvalue weighted by Gasteiger charge is -2.46. The van der Waals surface area contributed by atoms with E-state index in [9.17, 15) is 0 Å². The fraction of sp³-hybridized carbons (Fsp3) is 0. The smallest absolute Gasteiger partial charge is 0.252 e. The van der Waals surface area contributed by atoms with E-state index in [2.05, 4.69) is 380 Å². The van der Waals surface area contributed by atoms with Gasteiger partial charge in [0.25, 0.3) is 6.71 Å². The van der Waals surface area contributed by atoms with Gasteiger partial charge in [0.2, 0.25) is 0 Å². The van der Waals surface area contributed by atoms with E-state index in [-0.39, 0.29) is 6.71 Å². The molecule has 2 aliphatic heterocycles. The SMILES string of the molecule is c1ccc(-c2cccc(-c3cc4c(c(-c5ccccc5)c3)N(c3ccc(-c5ccccc5)c(-c5ccccc5)c3)c3cccc5c3B4c3cc(-c4cccc(-c6ccccc6)c4)cc(-c4ccccc4)c3N5c3ccc(-c4ccccc4)c(-c4ccccc4)c3)c2)cc1. The molecule has 0 aliphatic carbocycles. The van der Waals surface area contributed by atoms with Crippen LogP contribution in [0.4, 0.5) is 34.1 Å². The van der Waals surface area contributed by atoms with Crippen molar-refractivity contribution in [3.8, 4) is 111 Å². The van der Waals surface area contributed by atoms with Gasteiger partial charge in [0.1, 0.15) is 0 Å². The fourth-order valence-corrected chi connectivity index (χ4v) is 14.6. The Hall–Kier alpha value is -12.0. The Bertz CT molecular complexity index is 4910. The minimum Gasteiger partial charge on any atom is -0.311 e. The first-order valence-corrected chi connectivity index (χ1v) is 32.2. The summed E-state index contributed by atoms with van der Waals surface area (Å²) in [5, 5.41) is 0. The molecule has 434 valence electrons. The Labute approximate surface area is 545 Å². The predicted octanol–water partition coefficient (Wildman–Crippen LogP) is 22.4. The molecule has 0 fully saturated rings. The van der Waals surface area contributed by atoms with Crippen molar-refractivity contribution >= 4 is 57.2 Å². The van der Waals surface area contributed by atoms with E-state index in [1.807, 2.05) is 0 Å². The number of anilines is 6. The van der Waals surface area contributed by atoms with Crippen molar-refractivity contribution in [3.05, 3.63) is 370 Å². The Morgan fingerprint density at radius 1 is 0.172 bits per heavy atom. The Balaban J connectivity index is 1.01. The van der Waals surface area contributed by atoms with Crippen molar-refractivity contribution in [1.29, 1.82) is 0 Å². The van der Waals surface area contributed by atoms with E-state index >= 15 is 0 Å². The molecule has 93 heavy (non-hydrogen) atoms. The Morgan fingerprint density at radius 2 is 0.441 bits per heavy atom. The van der Waals surface area contributed by atoms with Crippen LogP contribution >= 0.6 is 0 Å². The van der Waals surface area contributed by atoms with E-state index in [1.165, 1.54) is 60.9 Å². The zero-order valence-electron chi connectivity index (χ0n) is 51.2. The largest absolute Gasteiger partial charge is 0.311 e. The van der Waals surface area contributed by atoms with Crippen LogP contribution in [0.25, 0.3) is 111 Å². The third-order valence-electron chi connectivity index (χ3n) is 18.8. The van der Waals surface area contributed by atoms with Crippen molar-refractivity contribution in [2.24, 2.45) is 0 Å². The molecule has 17 rings (SSSR count). The van der Waals surface area contributed by atoms with Crippen LogP contribution in [0.2, 0.25) is 0 Å². The zero-order valence-corrected chi connectivity index (χ0v) is 51.2. The van der Waals surface area contributed by atoms with Gasteiger partial charge in [-0.3, -0.25) is 0 Å². The van der Waals surface area contributed by atoms with E-state index in [1.54, 1.807) is 0 Å². The van der Waals surface area contributed by atoms with Gasteiger partial charge in [-0.15, -0.1) is 0 Å². The fourth-order valence-electron chi connectivity index (χ4n) is 14.6. The van der Waals surface area contributed by atoms with Crippen LogP contribution in [0.5, 0.6) is 0 Å². The number of rotatable bonds is 12. The summed E-state index contributed by atoms with van der Waals surface area (Å²) >= 11 is 0. The van der Waals surface area contributed by atoms with Gasteiger partial charge in [-0.25, -0.2) is 0 Å². The van der Waals surface area contributed by atoms with Gasteiger partial charge in [0.15, 0.2) is 0 Å². The molecule has 0 saturated carbocycles. The van der Waals surface area contributed by atoms with E-state index in [0.717, 1.165) is 101 Å². The zero-order chi connectivity index (χ0) is 61.6. The molecule has 0 saturated heterocycles. The highest BCUT2D eigenvalue weighted by Crippen LogP contribution is 2.52. The molecular weight excluding hydrogens is 1120 g/mol. The molecule has 0 aromatic heterocycles. The summed E-state index contributed by atoms with van der Waals surface area (Å²) in [6.07, 6.45) is 0. The first kappa shape index (κ1) is 55.1. The van der Waals surface area contributed by atoms with Gasteiger partial charge in [-0.2, -0.15) is 0 Å². The maximum atomic E-state index is 2.61. The molecule has 2 nitrogen and oxygen atoms in total. The van der Waals surface area contributed by atoms with Crippen molar-refractivity contribution in [1.82, 2.24) is 0 Å². The lowest BCUT2D eigenvalue weighted by Crippen LogP contribution is -2.61. The Kier molecular flexibility index (Phi) is 14.0. The molecule has 2 aliphatic rings. The first-order chi connectivity index (χ1) is 46.1. The summed E-state index contributed by atoms with van der Waals surface area (Å²) in [5.41, 5.74) is 33.7. The standard InChI is InChI=1S/C90H61BN2/c1-9-28-62(29-10-1)70-44-25-46-72(54-70)74-56-82(68-40-21-7-22-41-68)89-84(58-74)91-85-59-75(73-47-26-45-71(55-73)63-30-11-2-12-31-63)57-83(69-42-23-8-24-43-69)90(85)93(77-51-53-79(65-34-15-4-16-35-65)81(61-77)67-38-19-6-20-39-67)87-49-27-48-86(88(87)91)92(89)76-50-52-78(64-32-13-3-14-33-64)80(60-76)66-36-17-5-18-37-66/h1-61H. The summed E-state index contributed by atoms with van der Waals surface area (Å²) in [5.74, 6) is 0. The quantitative estimate of drug-likeness (QED) is 0.113. The highest BCUT2D eigenvalue weighted by atomic mass is 15.2. The molecule has 15 aromatic rings. The maximum absolute atomic E-state index is 2.61. The summed E-state index contributed by atoms with van der Waals surface area (Å²) in [6, 6.07) is 137. The average molecular weight is 1180 g/mol.